The van der Waals surface area contributed by atoms with Crippen molar-refractivity contribution >= 4 is 18.0 Å². The lowest BCUT2D eigenvalue weighted by atomic mass is 10.2. The highest BCUT2D eigenvalue weighted by atomic mass is 19.1. The third kappa shape index (κ3) is 4.98. The number of esters is 1. The molecule has 1 aromatic rings. The minimum atomic E-state index is -0.842. The topological polar surface area (TPSA) is 55.4 Å². The normalized spacial score (nSPS) is 16.6. The molecule has 2 rings (SSSR count). The standard InChI is InChI=1S/C17H20FNO3/c1-12(17(21)19-15-7-2-3-8-15)22-16(20)10-9-13-5-4-6-14(18)11-13/h4-6,9-12,15H,2-3,7-8H2,1H3,(H,19,21)/b10-9+/t12-/m0/s1. The molecule has 0 aromatic heterocycles. The van der Waals surface area contributed by atoms with Gasteiger partial charge in [-0.2, -0.15) is 0 Å². The van der Waals surface area contributed by atoms with Crippen molar-refractivity contribution in [1.82, 2.24) is 5.32 Å². The molecule has 0 unspecified atom stereocenters. The summed E-state index contributed by atoms with van der Waals surface area (Å²) >= 11 is 0. The van der Waals surface area contributed by atoms with Crippen LogP contribution in [0, 0.1) is 5.82 Å². The average Bonchev–Trinajstić information content (AvgIpc) is 2.98. The summed E-state index contributed by atoms with van der Waals surface area (Å²) in [4.78, 5) is 23.6. The summed E-state index contributed by atoms with van der Waals surface area (Å²) < 4.78 is 18.0. The Balaban J connectivity index is 1.81. The van der Waals surface area contributed by atoms with E-state index in [1.54, 1.807) is 12.1 Å². The van der Waals surface area contributed by atoms with Crippen LogP contribution in [0.15, 0.2) is 30.3 Å². The van der Waals surface area contributed by atoms with Gasteiger partial charge in [0.2, 0.25) is 0 Å². The molecule has 1 aliphatic carbocycles. The highest BCUT2D eigenvalue weighted by molar-refractivity contribution is 5.90. The molecule has 0 bridgehead atoms. The molecular formula is C17H20FNO3. The second kappa shape index (κ2) is 7.73. The first-order valence-corrected chi connectivity index (χ1v) is 7.49. The van der Waals surface area contributed by atoms with Crippen LogP contribution >= 0.6 is 0 Å². The van der Waals surface area contributed by atoms with Gasteiger partial charge in [-0.05, 0) is 43.5 Å². The first-order chi connectivity index (χ1) is 10.5. The Morgan fingerprint density at radius 3 is 2.77 bits per heavy atom. The molecule has 5 heteroatoms. The summed E-state index contributed by atoms with van der Waals surface area (Å²) in [5.74, 6) is -1.28. The van der Waals surface area contributed by atoms with E-state index in [0.29, 0.717) is 5.56 Å². The van der Waals surface area contributed by atoms with Crippen LogP contribution in [0.2, 0.25) is 0 Å². The minimum Gasteiger partial charge on any atom is -0.449 e. The number of amides is 1. The van der Waals surface area contributed by atoms with Gasteiger partial charge in [0.05, 0.1) is 0 Å². The van der Waals surface area contributed by atoms with Crippen molar-refractivity contribution in [2.75, 3.05) is 0 Å². The van der Waals surface area contributed by atoms with E-state index in [9.17, 15) is 14.0 Å². The number of halogens is 1. The second-order valence-electron chi connectivity index (χ2n) is 5.46. The van der Waals surface area contributed by atoms with Crippen molar-refractivity contribution in [1.29, 1.82) is 0 Å². The van der Waals surface area contributed by atoms with Crippen molar-refractivity contribution in [2.24, 2.45) is 0 Å². The highest BCUT2D eigenvalue weighted by Crippen LogP contribution is 2.17. The molecule has 118 valence electrons. The second-order valence-corrected chi connectivity index (χ2v) is 5.46. The molecule has 22 heavy (non-hydrogen) atoms. The van der Waals surface area contributed by atoms with Crippen LogP contribution in [-0.4, -0.2) is 24.0 Å². The highest BCUT2D eigenvalue weighted by Gasteiger charge is 2.22. The van der Waals surface area contributed by atoms with Crippen molar-refractivity contribution in [3.8, 4) is 0 Å². The Labute approximate surface area is 129 Å². The van der Waals surface area contributed by atoms with Gasteiger partial charge in [-0.3, -0.25) is 4.79 Å². The molecule has 1 saturated carbocycles. The number of carbonyl (C=O) groups excluding carboxylic acids is 2. The molecular weight excluding hydrogens is 285 g/mol. The van der Waals surface area contributed by atoms with Gasteiger partial charge < -0.3 is 10.1 Å². The van der Waals surface area contributed by atoms with Crippen LogP contribution in [0.4, 0.5) is 4.39 Å². The zero-order valence-electron chi connectivity index (χ0n) is 12.5. The lowest BCUT2D eigenvalue weighted by Gasteiger charge is -2.16. The molecule has 0 saturated heterocycles. The molecule has 1 aliphatic rings. The molecule has 0 radical (unpaired) electrons. The maximum absolute atomic E-state index is 13.0. The first-order valence-electron chi connectivity index (χ1n) is 7.49. The van der Waals surface area contributed by atoms with Crippen LogP contribution < -0.4 is 5.32 Å². The zero-order chi connectivity index (χ0) is 15.9. The third-order valence-electron chi connectivity index (χ3n) is 3.62. The predicted molar refractivity (Wildman–Crippen MR) is 81.4 cm³/mol. The molecule has 0 spiro atoms. The van der Waals surface area contributed by atoms with Gasteiger partial charge in [0.15, 0.2) is 6.10 Å². The number of benzene rings is 1. The summed E-state index contributed by atoms with van der Waals surface area (Å²) in [6, 6.07) is 6.04. The molecule has 0 heterocycles. The molecule has 1 fully saturated rings. The Kier molecular flexibility index (Phi) is 5.69. The first kappa shape index (κ1) is 16.2. The van der Waals surface area contributed by atoms with Crippen molar-refractivity contribution < 1.29 is 18.7 Å². The van der Waals surface area contributed by atoms with Crippen LogP contribution in [0.5, 0.6) is 0 Å². The number of hydrogen-bond donors (Lipinski definition) is 1. The summed E-state index contributed by atoms with van der Waals surface area (Å²) in [6.07, 6.45) is 5.99. The molecule has 1 aromatic carbocycles. The largest absolute Gasteiger partial charge is 0.449 e. The van der Waals surface area contributed by atoms with E-state index >= 15 is 0 Å². The minimum absolute atomic E-state index is 0.191. The number of ether oxygens (including phenoxy) is 1. The summed E-state index contributed by atoms with van der Waals surface area (Å²) in [7, 11) is 0. The quantitative estimate of drug-likeness (QED) is 0.672. The smallest absolute Gasteiger partial charge is 0.331 e. The van der Waals surface area contributed by atoms with E-state index in [0.717, 1.165) is 25.7 Å². The lowest BCUT2D eigenvalue weighted by Crippen LogP contribution is -2.40. The van der Waals surface area contributed by atoms with Gasteiger partial charge >= 0.3 is 5.97 Å². The number of rotatable bonds is 5. The predicted octanol–water partition coefficient (Wildman–Crippen LogP) is 2.83. The number of nitrogens with one attached hydrogen (secondary N) is 1. The Morgan fingerprint density at radius 2 is 2.09 bits per heavy atom. The Morgan fingerprint density at radius 1 is 1.36 bits per heavy atom. The van der Waals surface area contributed by atoms with Crippen LogP contribution in [0.1, 0.15) is 38.2 Å². The summed E-state index contributed by atoms with van der Waals surface area (Å²) in [5.41, 5.74) is 0.556. The van der Waals surface area contributed by atoms with E-state index in [4.69, 9.17) is 4.74 Å². The molecule has 4 nitrogen and oxygen atoms in total. The SMILES string of the molecule is C[C@H](OC(=O)/C=C/c1cccc(F)c1)C(=O)NC1CCCC1. The Hall–Kier alpha value is -2.17. The van der Waals surface area contributed by atoms with E-state index in [1.807, 2.05) is 0 Å². The summed E-state index contributed by atoms with van der Waals surface area (Å²) in [6.45, 7) is 1.54. The van der Waals surface area contributed by atoms with Gasteiger partial charge in [-0.25, -0.2) is 9.18 Å². The van der Waals surface area contributed by atoms with Gasteiger partial charge in [-0.1, -0.05) is 25.0 Å². The average molecular weight is 305 g/mol. The van der Waals surface area contributed by atoms with E-state index < -0.39 is 12.1 Å². The lowest BCUT2D eigenvalue weighted by molar-refractivity contribution is -0.150. The van der Waals surface area contributed by atoms with Crippen LogP contribution in [0.25, 0.3) is 6.08 Å². The fourth-order valence-corrected chi connectivity index (χ4v) is 2.43. The Bertz CT molecular complexity index is 565. The molecule has 1 atom stereocenters. The monoisotopic (exact) mass is 305 g/mol. The van der Waals surface area contributed by atoms with E-state index in [2.05, 4.69) is 5.32 Å². The van der Waals surface area contributed by atoms with Crippen LogP contribution in [-0.2, 0) is 14.3 Å². The summed E-state index contributed by atoms with van der Waals surface area (Å²) in [5, 5.41) is 2.88. The van der Waals surface area contributed by atoms with Crippen molar-refractivity contribution in [2.45, 2.75) is 44.8 Å². The van der Waals surface area contributed by atoms with Crippen LogP contribution in [0.3, 0.4) is 0 Å². The number of hydrogen-bond acceptors (Lipinski definition) is 3. The molecule has 0 aliphatic heterocycles. The number of carbonyl (C=O) groups is 2. The molecule has 1 N–H and O–H groups in total. The van der Waals surface area contributed by atoms with Gasteiger partial charge in [-0.15, -0.1) is 0 Å². The van der Waals surface area contributed by atoms with Crippen molar-refractivity contribution in [3.05, 3.63) is 41.7 Å². The van der Waals surface area contributed by atoms with E-state index in [-0.39, 0.29) is 17.8 Å². The van der Waals surface area contributed by atoms with E-state index in [1.165, 1.54) is 31.2 Å². The van der Waals surface area contributed by atoms with Gasteiger partial charge in [0, 0.05) is 12.1 Å². The van der Waals surface area contributed by atoms with Crippen molar-refractivity contribution in [3.63, 3.8) is 0 Å². The van der Waals surface area contributed by atoms with Gasteiger partial charge in [0.25, 0.3) is 5.91 Å². The zero-order valence-corrected chi connectivity index (χ0v) is 12.5. The molecule has 1 amide bonds. The van der Waals surface area contributed by atoms with Gasteiger partial charge in [0.1, 0.15) is 5.82 Å². The fourth-order valence-electron chi connectivity index (χ4n) is 2.43. The third-order valence-corrected chi connectivity index (χ3v) is 3.62. The fraction of sp³-hybridized carbons (Fsp3) is 0.412. The maximum atomic E-state index is 13.0. The maximum Gasteiger partial charge on any atom is 0.331 e.